The van der Waals surface area contributed by atoms with Crippen molar-refractivity contribution in [2.75, 3.05) is 24.5 Å². The molecular formula is C17H24N2O3S. The molecule has 5 nitrogen and oxygen atoms in total. The minimum absolute atomic E-state index is 0.0872. The molecule has 1 fully saturated rings. The Hall–Kier alpha value is -1.40. The third-order valence-electron chi connectivity index (χ3n) is 4.81. The maximum Gasteiger partial charge on any atom is 0.243 e. The Morgan fingerprint density at radius 3 is 2.78 bits per heavy atom. The molecular weight excluding hydrogens is 312 g/mol. The summed E-state index contributed by atoms with van der Waals surface area (Å²) in [6.07, 6.45) is 3.19. The molecule has 2 aliphatic heterocycles. The number of benzene rings is 1. The van der Waals surface area contributed by atoms with E-state index in [2.05, 4.69) is 6.92 Å². The fraction of sp³-hybridized carbons (Fsp3) is 0.588. The van der Waals surface area contributed by atoms with Crippen molar-refractivity contribution in [3.8, 4) is 0 Å². The Morgan fingerprint density at radius 2 is 2.09 bits per heavy atom. The van der Waals surface area contributed by atoms with Crippen LogP contribution in [0.5, 0.6) is 0 Å². The van der Waals surface area contributed by atoms with Crippen molar-refractivity contribution in [3.63, 3.8) is 0 Å². The van der Waals surface area contributed by atoms with E-state index in [0.29, 0.717) is 36.9 Å². The molecule has 126 valence electrons. The maximum atomic E-state index is 12.8. The highest BCUT2D eigenvalue weighted by atomic mass is 32.2. The fourth-order valence-electron chi connectivity index (χ4n) is 3.50. The summed E-state index contributed by atoms with van der Waals surface area (Å²) in [4.78, 5) is 14.1. The number of rotatable bonds is 3. The predicted molar refractivity (Wildman–Crippen MR) is 89.9 cm³/mol. The van der Waals surface area contributed by atoms with Crippen LogP contribution in [0.2, 0.25) is 0 Å². The van der Waals surface area contributed by atoms with E-state index < -0.39 is 10.0 Å². The first-order valence-electron chi connectivity index (χ1n) is 8.37. The summed E-state index contributed by atoms with van der Waals surface area (Å²) in [5.41, 5.74) is 1.82. The van der Waals surface area contributed by atoms with Crippen molar-refractivity contribution in [1.82, 2.24) is 4.31 Å². The number of carbonyl (C=O) groups excluding carboxylic acids is 1. The lowest BCUT2D eigenvalue weighted by Crippen LogP contribution is -2.39. The molecule has 0 aliphatic carbocycles. The molecule has 3 rings (SSSR count). The van der Waals surface area contributed by atoms with Crippen LogP contribution < -0.4 is 4.90 Å². The van der Waals surface area contributed by atoms with Gasteiger partial charge >= 0.3 is 0 Å². The number of fused-ring (bicyclic) bond motifs is 1. The average Bonchev–Trinajstić information content (AvgIpc) is 2.97. The SMILES string of the molecule is CCC(=O)N1CCc2cc(S(=O)(=O)N3CCCC(C)C3)ccc21. The molecule has 0 aromatic heterocycles. The standard InChI is InChI=1S/C17H24N2O3S/c1-3-17(20)19-10-8-14-11-15(6-7-16(14)19)23(21,22)18-9-4-5-13(2)12-18/h6-7,11,13H,3-5,8-10,12H2,1-2H3. The second-order valence-corrected chi connectivity index (χ2v) is 8.49. The van der Waals surface area contributed by atoms with E-state index in [1.807, 2.05) is 6.92 Å². The smallest absolute Gasteiger partial charge is 0.243 e. The lowest BCUT2D eigenvalue weighted by Gasteiger charge is -2.30. The second-order valence-electron chi connectivity index (χ2n) is 6.55. The van der Waals surface area contributed by atoms with Crippen LogP contribution in [-0.2, 0) is 21.2 Å². The zero-order valence-corrected chi connectivity index (χ0v) is 14.6. The molecule has 1 aromatic rings. The Labute approximate surface area is 138 Å². The van der Waals surface area contributed by atoms with Crippen molar-refractivity contribution in [3.05, 3.63) is 23.8 Å². The number of nitrogens with zero attached hydrogens (tertiary/aromatic N) is 2. The highest BCUT2D eigenvalue weighted by Gasteiger charge is 2.31. The van der Waals surface area contributed by atoms with E-state index in [9.17, 15) is 13.2 Å². The van der Waals surface area contributed by atoms with E-state index in [1.54, 1.807) is 27.4 Å². The van der Waals surface area contributed by atoms with Crippen LogP contribution in [0.4, 0.5) is 5.69 Å². The van der Waals surface area contributed by atoms with Gasteiger partial charge < -0.3 is 4.90 Å². The minimum Gasteiger partial charge on any atom is -0.312 e. The summed E-state index contributed by atoms with van der Waals surface area (Å²) in [5.74, 6) is 0.495. The Balaban J connectivity index is 1.89. The van der Waals surface area contributed by atoms with Crippen LogP contribution in [0.1, 0.15) is 38.7 Å². The molecule has 0 N–H and O–H groups in total. The van der Waals surface area contributed by atoms with Gasteiger partial charge in [0.1, 0.15) is 0 Å². The molecule has 1 aromatic carbocycles. The van der Waals surface area contributed by atoms with Gasteiger partial charge in [-0.3, -0.25) is 4.79 Å². The van der Waals surface area contributed by atoms with Gasteiger partial charge in [0, 0.05) is 31.7 Å². The Kier molecular flexibility index (Phi) is 4.47. The molecule has 1 saturated heterocycles. The van der Waals surface area contributed by atoms with Gasteiger partial charge in [0.25, 0.3) is 0 Å². The lowest BCUT2D eigenvalue weighted by molar-refractivity contribution is -0.118. The van der Waals surface area contributed by atoms with Crippen LogP contribution in [0.25, 0.3) is 0 Å². The summed E-state index contributed by atoms with van der Waals surface area (Å²) in [5, 5.41) is 0. The van der Waals surface area contributed by atoms with E-state index in [4.69, 9.17) is 0 Å². The van der Waals surface area contributed by atoms with E-state index >= 15 is 0 Å². The van der Waals surface area contributed by atoms with Gasteiger partial charge in [-0.1, -0.05) is 13.8 Å². The molecule has 1 amide bonds. The van der Waals surface area contributed by atoms with Gasteiger partial charge in [-0.2, -0.15) is 4.31 Å². The van der Waals surface area contributed by atoms with Crippen molar-refractivity contribution in [1.29, 1.82) is 0 Å². The van der Waals surface area contributed by atoms with E-state index in [0.717, 1.165) is 30.5 Å². The predicted octanol–water partition coefficient (Wildman–Crippen LogP) is 2.41. The van der Waals surface area contributed by atoms with Crippen molar-refractivity contribution in [2.24, 2.45) is 5.92 Å². The maximum absolute atomic E-state index is 12.8. The third-order valence-corrected chi connectivity index (χ3v) is 6.67. The van der Waals surface area contributed by atoms with Crippen LogP contribution in [0, 0.1) is 5.92 Å². The lowest BCUT2D eigenvalue weighted by atomic mass is 10.0. The van der Waals surface area contributed by atoms with Gasteiger partial charge in [0.2, 0.25) is 15.9 Å². The number of piperidine rings is 1. The number of anilines is 1. The van der Waals surface area contributed by atoms with Crippen LogP contribution in [0.3, 0.4) is 0 Å². The third kappa shape index (κ3) is 3.02. The first-order valence-corrected chi connectivity index (χ1v) is 9.81. The van der Waals surface area contributed by atoms with Crippen molar-refractivity contribution < 1.29 is 13.2 Å². The van der Waals surface area contributed by atoms with E-state index in [-0.39, 0.29) is 5.91 Å². The largest absolute Gasteiger partial charge is 0.312 e. The summed E-state index contributed by atoms with van der Waals surface area (Å²) in [6.45, 7) is 5.78. The Morgan fingerprint density at radius 1 is 1.30 bits per heavy atom. The monoisotopic (exact) mass is 336 g/mol. The van der Waals surface area contributed by atoms with Crippen LogP contribution >= 0.6 is 0 Å². The minimum atomic E-state index is -3.43. The van der Waals surface area contributed by atoms with Gasteiger partial charge in [-0.15, -0.1) is 0 Å². The normalized spacial score (nSPS) is 22.2. The molecule has 0 radical (unpaired) electrons. The summed E-state index contributed by atoms with van der Waals surface area (Å²) in [6, 6.07) is 5.19. The highest BCUT2D eigenvalue weighted by molar-refractivity contribution is 7.89. The topological polar surface area (TPSA) is 57.7 Å². The van der Waals surface area contributed by atoms with Gasteiger partial charge in [-0.25, -0.2) is 8.42 Å². The summed E-state index contributed by atoms with van der Waals surface area (Å²) in [7, 11) is -3.43. The number of sulfonamides is 1. The quantitative estimate of drug-likeness (QED) is 0.852. The zero-order chi connectivity index (χ0) is 16.6. The van der Waals surface area contributed by atoms with Gasteiger partial charge in [0.05, 0.1) is 4.90 Å². The highest BCUT2D eigenvalue weighted by Crippen LogP contribution is 2.32. The fourth-order valence-corrected chi connectivity index (χ4v) is 5.15. The van der Waals surface area contributed by atoms with Crippen LogP contribution in [-0.4, -0.2) is 38.3 Å². The second kappa shape index (κ2) is 6.24. The van der Waals surface area contributed by atoms with Crippen molar-refractivity contribution in [2.45, 2.75) is 44.4 Å². The zero-order valence-electron chi connectivity index (χ0n) is 13.8. The molecule has 2 heterocycles. The van der Waals surface area contributed by atoms with Gasteiger partial charge in [-0.05, 0) is 48.9 Å². The number of hydrogen-bond acceptors (Lipinski definition) is 3. The molecule has 23 heavy (non-hydrogen) atoms. The summed E-state index contributed by atoms with van der Waals surface area (Å²) >= 11 is 0. The first kappa shape index (κ1) is 16.5. The average molecular weight is 336 g/mol. The number of hydrogen-bond donors (Lipinski definition) is 0. The molecule has 1 atom stereocenters. The van der Waals surface area contributed by atoms with E-state index in [1.165, 1.54) is 0 Å². The number of amides is 1. The molecule has 6 heteroatoms. The molecule has 0 bridgehead atoms. The van der Waals surface area contributed by atoms with Gasteiger partial charge in [0.15, 0.2) is 0 Å². The number of carbonyl (C=O) groups is 1. The van der Waals surface area contributed by atoms with Crippen LogP contribution in [0.15, 0.2) is 23.1 Å². The first-order chi connectivity index (χ1) is 10.9. The molecule has 2 aliphatic rings. The summed E-state index contributed by atoms with van der Waals surface area (Å²) < 4.78 is 27.3. The molecule has 0 saturated carbocycles. The molecule has 0 spiro atoms. The molecule has 1 unspecified atom stereocenters. The van der Waals surface area contributed by atoms with Crippen molar-refractivity contribution >= 4 is 21.6 Å². The Bertz CT molecular complexity index is 715.